The lowest BCUT2D eigenvalue weighted by Crippen LogP contribution is -2.38. The van der Waals surface area contributed by atoms with Crippen molar-refractivity contribution in [2.24, 2.45) is 5.92 Å². The van der Waals surface area contributed by atoms with Crippen molar-refractivity contribution in [3.63, 3.8) is 0 Å². The maximum atomic E-state index is 11.2. The molecule has 0 aliphatic carbocycles. The fraction of sp³-hybridized carbons (Fsp3) is 0.643. The van der Waals surface area contributed by atoms with Crippen molar-refractivity contribution in [2.45, 2.75) is 19.8 Å². The van der Waals surface area contributed by atoms with E-state index < -0.39 is 0 Å². The average Bonchev–Trinajstić information content (AvgIpc) is 2.52. The number of nitrogens with one attached hydrogen (secondary N) is 1. The van der Waals surface area contributed by atoms with Crippen LogP contribution in [0.3, 0.4) is 0 Å². The highest BCUT2D eigenvalue weighted by atomic mass is 16.6. The van der Waals surface area contributed by atoms with Crippen molar-refractivity contribution in [2.75, 3.05) is 38.2 Å². The highest BCUT2D eigenvalue weighted by molar-refractivity contribution is 5.59. The van der Waals surface area contributed by atoms with Gasteiger partial charge in [-0.3, -0.25) is 10.1 Å². The summed E-state index contributed by atoms with van der Waals surface area (Å²) >= 11 is 0. The number of aromatic nitrogens is 1. The van der Waals surface area contributed by atoms with Gasteiger partial charge in [0, 0.05) is 25.2 Å². The highest BCUT2D eigenvalue weighted by Crippen LogP contribution is 2.31. The molecular weight excluding hydrogens is 272 g/mol. The van der Waals surface area contributed by atoms with E-state index in [1.807, 2.05) is 4.90 Å². The number of piperidine rings is 1. The Morgan fingerprint density at radius 2 is 2.19 bits per heavy atom. The van der Waals surface area contributed by atoms with Crippen LogP contribution in [0.1, 0.15) is 19.8 Å². The molecule has 1 aromatic heterocycles. The largest absolute Gasteiger partial charge is 0.481 e. The predicted molar refractivity (Wildman–Crippen MR) is 80.9 cm³/mol. The third-order valence-corrected chi connectivity index (χ3v) is 3.83. The molecule has 0 spiro atoms. The Labute approximate surface area is 124 Å². The van der Waals surface area contributed by atoms with Gasteiger partial charge in [-0.05, 0) is 31.8 Å². The second-order valence-electron chi connectivity index (χ2n) is 5.19. The van der Waals surface area contributed by atoms with E-state index in [9.17, 15) is 10.1 Å². The third-order valence-electron chi connectivity index (χ3n) is 3.83. The molecule has 7 nitrogen and oxygen atoms in total. The summed E-state index contributed by atoms with van der Waals surface area (Å²) < 4.78 is 5.08. The fourth-order valence-electron chi connectivity index (χ4n) is 2.61. The van der Waals surface area contributed by atoms with Gasteiger partial charge < -0.3 is 15.0 Å². The number of hydrogen-bond donors (Lipinski definition) is 1. The molecule has 0 bridgehead atoms. The molecule has 2 rings (SSSR count). The Balaban J connectivity index is 2.09. The van der Waals surface area contributed by atoms with Gasteiger partial charge in [0.1, 0.15) is 0 Å². The van der Waals surface area contributed by atoms with Gasteiger partial charge in [-0.1, -0.05) is 6.92 Å². The zero-order chi connectivity index (χ0) is 15.2. The summed E-state index contributed by atoms with van der Waals surface area (Å²) in [6.45, 7) is 5.66. The molecule has 1 saturated heterocycles. The second kappa shape index (κ2) is 7.21. The van der Waals surface area contributed by atoms with Crippen LogP contribution >= 0.6 is 0 Å². The maximum absolute atomic E-state index is 11.2. The molecule has 0 unspecified atom stereocenters. The average molecular weight is 294 g/mol. The van der Waals surface area contributed by atoms with Gasteiger partial charge in [-0.15, -0.1) is 0 Å². The van der Waals surface area contributed by atoms with Crippen molar-refractivity contribution in [3.05, 3.63) is 22.2 Å². The summed E-state index contributed by atoms with van der Waals surface area (Å²) in [5, 5.41) is 14.5. The van der Waals surface area contributed by atoms with Gasteiger partial charge in [0.05, 0.1) is 12.0 Å². The van der Waals surface area contributed by atoms with E-state index in [4.69, 9.17) is 4.74 Å². The molecule has 0 amide bonds. The number of ether oxygens (including phenoxy) is 1. The number of nitro groups is 1. The second-order valence-corrected chi connectivity index (χ2v) is 5.19. The number of hydrogen-bond acceptors (Lipinski definition) is 6. The van der Waals surface area contributed by atoms with Crippen LogP contribution in [0.2, 0.25) is 0 Å². The Morgan fingerprint density at radius 1 is 1.48 bits per heavy atom. The molecule has 21 heavy (non-hydrogen) atoms. The van der Waals surface area contributed by atoms with Crippen LogP contribution in [-0.4, -0.2) is 43.2 Å². The van der Waals surface area contributed by atoms with Gasteiger partial charge >= 0.3 is 5.69 Å². The van der Waals surface area contributed by atoms with E-state index in [1.54, 1.807) is 0 Å². The normalized spacial score (nSPS) is 16.0. The minimum Gasteiger partial charge on any atom is -0.481 e. The van der Waals surface area contributed by atoms with Crippen molar-refractivity contribution in [1.82, 2.24) is 10.3 Å². The fourth-order valence-corrected chi connectivity index (χ4v) is 2.61. The number of rotatable bonds is 6. The first-order valence-electron chi connectivity index (χ1n) is 7.30. The molecule has 0 radical (unpaired) electrons. The zero-order valence-electron chi connectivity index (χ0n) is 12.5. The van der Waals surface area contributed by atoms with Gasteiger partial charge in [-0.25, -0.2) is 0 Å². The van der Waals surface area contributed by atoms with Crippen LogP contribution in [0.25, 0.3) is 0 Å². The predicted octanol–water partition coefficient (Wildman–Crippen LogP) is 1.82. The molecule has 2 heterocycles. The number of methoxy groups -OCH3 is 1. The van der Waals surface area contributed by atoms with Gasteiger partial charge in [0.25, 0.3) is 0 Å². The van der Waals surface area contributed by atoms with Crippen LogP contribution in [0, 0.1) is 16.0 Å². The summed E-state index contributed by atoms with van der Waals surface area (Å²) in [5.41, 5.74) is 0.0425. The standard InChI is InChI=1S/C14H22N4O3/c1-3-15-10-11-6-8-17(9-7-11)14-12(18(19)20)4-5-13(16-14)21-2/h4-5,11,15H,3,6-10H2,1-2H3. The Bertz CT molecular complexity index is 487. The number of nitrogens with zero attached hydrogens (tertiary/aromatic N) is 3. The van der Waals surface area contributed by atoms with Crippen molar-refractivity contribution < 1.29 is 9.66 Å². The summed E-state index contributed by atoms with van der Waals surface area (Å²) in [6.07, 6.45) is 2.03. The molecule has 7 heteroatoms. The summed E-state index contributed by atoms with van der Waals surface area (Å²) in [4.78, 5) is 17.0. The first-order chi connectivity index (χ1) is 10.2. The summed E-state index contributed by atoms with van der Waals surface area (Å²) in [6, 6.07) is 2.99. The zero-order valence-corrected chi connectivity index (χ0v) is 12.5. The van der Waals surface area contributed by atoms with Crippen LogP contribution in [-0.2, 0) is 0 Å². The molecule has 0 aromatic carbocycles. The van der Waals surface area contributed by atoms with Crippen LogP contribution < -0.4 is 15.0 Å². The first-order valence-corrected chi connectivity index (χ1v) is 7.30. The van der Waals surface area contributed by atoms with E-state index in [0.29, 0.717) is 17.6 Å². The third kappa shape index (κ3) is 3.81. The van der Waals surface area contributed by atoms with E-state index in [-0.39, 0.29) is 10.6 Å². The van der Waals surface area contributed by atoms with E-state index >= 15 is 0 Å². The molecule has 116 valence electrons. The number of pyridine rings is 1. The Morgan fingerprint density at radius 3 is 2.76 bits per heavy atom. The lowest BCUT2D eigenvalue weighted by atomic mass is 9.96. The smallest absolute Gasteiger partial charge is 0.311 e. The topological polar surface area (TPSA) is 80.5 Å². The summed E-state index contributed by atoms with van der Waals surface area (Å²) in [5.74, 6) is 1.46. The SMILES string of the molecule is CCNCC1CCN(c2nc(OC)ccc2[N+](=O)[O-])CC1. The molecule has 1 fully saturated rings. The van der Waals surface area contributed by atoms with Crippen LogP contribution in [0.15, 0.2) is 12.1 Å². The molecule has 0 saturated carbocycles. The van der Waals surface area contributed by atoms with Gasteiger partial charge in [0.2, 0.25) is 11.7 Å². The lowest BCUT2D eigenvalue weighted by Gasteiger charge is -2.32. The molecular formula is C14H22N4O3. The van der Waals surface area contributed by atoms with Crippen molar-refractivity contribution >= 4 is 11.5 Å². The van der Waals surface area contributed by atoms with Gasteiger partial charge in [-0.2, -0.15) is 4.98 Å². The van der Waals surface area contributed by atoms with Crippen LogP contribution in [0.5, 0.6) is 5.88 Å². The minimum atomic E-state index is -0.382. The molecule has 1 aromatic rings. The summed E-state index contributed by atoms with van der Waals surface area (Å²) in [7, 11) is 1.51. The van der Waals surface area contributed by atoms with Crippen molar-refractivity contribution in [1.29, 1.82) is 0 Å². The van der Waals surface area contributed by atoms with E-state index in [1.165, 1.54) is 19.2 Å². The van der Waals surface area contributed by atoms with Crippen LogP contribution in [0.4, 0.5) is 11.5 Å². The lowest BCUT2D eigenvalue weighted by molar-refractivity contribution is -0.384. The minimum absolute atomic E-state index is 0.0425. The first kappa shape index (κ1) is 15.5. The highest BCUT2D eigenvalue weighted by Gasteiger charge is 2.26. The quantitative estimate of drug-likeness (QED) is 0.637. The van der Waals surface area contributed by atoms with Crippen molar-refractivity contribution in [3.8, 4) is 5.88 Å². The van der Waals surface area contributed by atoms with E-state index in [2.05, 4.69) is 17.2 Å². The van der Waals surface area contributed by atoms with Gasteiger partial charge in [0.15, 0.2) is 0 Å². The molecule has 0 atom stereocenters. The number of anilines is 1. The molecule has 1 N–H and O–H groups in total. The molecule has 1 aliphatic rings. The Kier molecular flexibility index (Phi) is 5.32. The maximum Gasteiger partial charge on any atom is 0.311 e. The van der Waals surface area contributed by atoms with E-state index in [0.717, 1.165) is 39.0 Å². The Hall–Kier alpha value is -1.89. The molecule has 1 aliphatic heterocycles. The monoisotopic (exact) mass is 294 g/mol.